The van der Waals surface area contributed by atoms with Crippen LogP contribution in [-0.4, -0.2) is 21.5 Å². The van der Waals surface area contributed by atoms with Gasteiger partial charge in [0, 0.05) is 6.54 Å². The Morgan fingerprint density at radius 2 is 1.83 bits per heavy atom. The first-order valence-electron chi connectivity index (χ1n) is 9.22. The van der Waals surface area contributed by atoms with E-state index in [-0.39, 0.29) is 36.0 Å². The monoisotopic (exact) mass is 430 g/mol. The number of nitrogens with two attached hydrogens (primary N) is 1. The van der Waals surface area contributed by atoms with E-state index in [9.17, 15) is 18.8 Å². The molecule has 3 aromatic rings. The van der Waals surface area contributed by atoms with E-state index < -0.39 is 22.8 Å². The number of anilines is 2. The van der Waals surface area contributed by atoms with Crippen LogP contribution < -0.4 is 22.3 Å². The molecule has 0 unspecified atom stereocenters. The maximum atomic E-state index is 13.2. The molecule has 0 fully saturated rings. The lowest BCUT2D eigenvalue weighted by Gasteiger charge is -2.16. The van der Waals surface area contributed by atoms with Crippen LogP contribution in [0.25, 0.3) is 0 Å². The summed E-state index contributed by atoms with van der Waals surface area (Å²) in [4.78, 5) is 38.3. The Morgan fingerprint density at radius 1 is 1.13 bits per heavy atom. The van der Waals surface area contributed by atoms with Gasteiger partial charge in [0.15, 0.2) is 5.78 Å². The molecule has 0 spiro atoms. The van der Waals surface area contributed by atoms with Crippen molar-refractivity contribution in [3.8, 4) is 0 Å². The zero-order valence-electron chi connectivity index (χ0n) is 16.2. The minimum atomic E-state index is -0.749. The van der Waals surface area contributed by atoms with Crippen LogP contribution in [0, 0.1) is 5.82 Å². The molecule has 0 aliphatic heterocycles. The van der Waals surface area contributed by atoms with Gasteiger partial charge in [-0.05, 0) is 30.7 Å². The van der Waals surface area contributed by atoms with Crippen molar-refractivity contribution in [2.75, 3.05) is 17.6 Å². The molecule has 0 radical (unpaired) electrons. The number of hydrogen-bond donors (Lipinski definition) is 2. The van der Waals surface area contributed by atoms with E-state index in [0.717, 1.165) is 16.2 Å². The Hall–Kier alpha value is -3.39. The average molecular weight is 431 g/mol. The number of carbonyl (C=O) groups excluding carboxylic acids is 1. The van der Waals surface area contributed by atoms with Gasteiger partial charge < -0.3 is 11.1 Å². The molecule has 0 bridgehead atoms. The van der Waals surface area contributed by atoms with Crippen molar-refractivity contribution in [3.63, 3.8) is 0 Å². The number of benzene rings is 2. The molecule has 7 nitrogen and oxygen atoms in total. The van der Waals surface area contributed by atoms with Gasteiger partial charge in [0.05, 0.1) is 23.8 Å². The van der Waals surface area contributed by atoms with E-state index in [1.165, 1.54) is 16.7 Å². The van der Waals surface area contributed by atoms with Gasteiger partial charge in [0.1, 0.15) is 17.2 Å². The van der Waals surface area contributed by atoms with E-state index in [1.54, 1.807) is 6.92 Å². The number of carbonyl (C=O) groups is 1. The van der Waals surface area contributed by atoms with Gasteiger partial charge in [0.25, 0.3) is 5.56 Å². The number of hydrogen-bond acceptors (Lipinski definition) is 5. The van der Waals surface area contributed by atoms with Crippen LogP contribution in [0.15, 0.2) is 58.1 Å². The molecule has 0 aliphatic carbocycles. The first kappa shape index (κ1) is 21.3. The molecule has 3 N–H and O–H groups in total. The Balaban J connectivity index is 1.98. The second kappa shape index (κ2) is 8.96. The third-order valence-electron chi connectivity index (χ3n) is 4.62. The number of nitrogen functional groups attached to an aromatic ring is 1. The van der Waals surface area contributed by atoms with Crippen LogP contribution in [-0.2, 0) is 13.1 Å². The fraction of sp³-hybridized carbons (Fsp3) is 0.190. The lowest BCUT2D eigenvalue weighted by Crippen LogP contribution is -2.44. The Labute approximate surface area is 176 Å². The zero-order valence-corrected chi connectivity index (χ0v) is 16.9. The smallest absolute Gasteiger partial charge is 0.332 e. The van der Waals surface area contributed by atoms with Crippen LogP contribution >= 0.6 is 11.6 Å². The van der Waals surface area contributed by atoms with Crippen molar-refractivity contribution >= 4 is 28.9 Å². The highest BCUT2D eigenvalue weighted by Crippen LogP contribution is 2.22. The largest absolute Gasteiger partial charge is 0.384 e. The maximum absolute atomic E-state index is 13.2. The third kappa shape index (κ3) is 4.28. The van der Waals surface area contributed by atoms with Crippen molar-refractivity contribution in [2.24, 2.45) is 0 Å². The third-order valence-corrected chi connectivity index (χ3v) is 4.93. The molecular formula is C21H20ClFN4O3. The second-order valence-electron chi connectivity index (χ2n) is 6.56. The lowest BCUT2D eigenvalue weighted by atomic mass is 10.1. The van der Waals surface area contributed by atoms with Crippen molar-refractivity contribution in [3.05, 3.63) is 91.3 Å². The first-order valence-corrected chi connectivity index (χ1v) is 9.60. The SMILES string of the molecule is CCn1c(=O)c(C(=O)CNc2ccc(F)cc2Cl)c(N)n(Cc2ccccc2)c1=O. The number of rotatable bonds is 7. The molecule has 0 amide bonds. The topological polar surface area (TPSA) is 99.1 Å². The summed E-state index contributed by atoms with van der Waals surface area (Å²) in [6.45, 7) is 1.53. The molecule has 2 aromatic carbocycles. The molecular weight excluding hydrogens is 411 g/mol. The number of halogens is 2. The summed E-state index contributed by atoms with van der Waals surface area (Å²) in [6, 6.07) is 12.8. The molecule has 1 heterocycles. The summed E-state index contributed by atoms with van der Waals surface area (Å²) < 4.78 is 15.4. The zero-order chi connectivity index (χ0) is 21.8. The fourth-order valence-corrected chi connectivity index (χ4v) is 3.31. The predicted octanol–water partition coefficient (Wildman–Crippen LogP) is 2.75. The summed E-state index contributed by atoms with van der Waals surface area (Å²) in [5, 5.41) is 2.87. The van der Waals surface area contributed by atoms with Crippen molar-refractivity contribution in [1.29, 1.82) is 0 Å². The van der Waals surface area contributed by atoms with Crippen LogP contribution in [0.4, 0.5) is 15.9 Å². The van der Waals surface area contributed by atoms with Crippen molar-refractivity contribution < 1.29 is 9.18 Å². The van der Waals surface area contributed by atoms with Gasteiger partial charge in [-0.15, -0.1) is 0 Å². The van der Waals surface area contributed by atoms with Gasteiger partial charge >= 0.3 is 5.69 Å². The predicted molar refractivity (Wildman–Crippen MR) is 115 cm³/mol. The van der Waals surface area contributed by atoms with Crippen molar-refractivity contribution in [2.45, 2.75) is 20.0 Å². The van der Waals surface area contributed by atoms with Gasteiger partial charge in [-0.3, -0.25) is 18.7 Å². The molecule has 0 atom stereocenters. The molecule has 1 aromatic heterocycles. The summed E-state index contributed by atoms with van der Waals surface area (Å²) in [7, 11) is 0. The molecule has 30 heavy (non-hydrogen) atoms. The normalized spacial score (nSPS) is 10.8. The minimum Gasteiger partial charge on any atom is -0.384 e. The first-order chi connectivity index (χ1) is 14.3. The van der Waals surface area contributed by atoms with E-state index in [4.69, 9.17) is 17.3 Å². The molecule has 0 aliphatic rings. The van der Waals surface area contributed by atoms with Crippen molar-refractivity contribution in [1.82, 2.24) is 9.13 Å². The van der Waals surface area contributed by atoms with E-state index in [0.29, 0.717) is 5.69 Å². The van der Waals surface area contributed by atoms with Crippen LogP contribution in [0.3, 0.4) is 0 Å². The number of nitrogens with zero attached hydrogens (tertiary/aromatic N) is 2. The highest BCUT2D eigenvalue weighted by atomic mass is 35.5. The Kier molecular flexibility index (Phi) is 6.37. The quantitative estimate of drug-likeness (QED) is 0.561. The van der Waals surface area contributed by atoms with Crippen LogP contribution in [0.1, 0.15) is 22.8 Å². The lowest BCUT2D eigenvalue weighted by molar-refractivity contribution is 0.100. The summed E-state index contributed by atoms with van der Waals surface area (Å²) in [5.74, 6) is -1.32. The van der Waals surface area contributed by atoms with Crippen LogP contribution in [0.5, 0.6) is 0 Å². The van der Waals surface area contributed by atoms with E-state index in [1.807, 2.05) is 30.3 Å². The summed E-state index contributed by atoms with van der Waals surface area (Å²) >= 11 is 5.96. The molecule has 0 saturated heterocycles. The number of Topliss-reactive ketones (excluding diaryl/α,β-unsaturated/α-hetero) is 1. The molecule has 156 valence electrons. The highest BCUT2D eigenvalue weighted by molar-refractivity contribution is 6.33. The maximum Gasteiger partial charge on any atom is 0.332 e. The van der Waals surface area contributed by atoms with E-state index >= 15 is 0 Å². The number of ketones is 1. The Morgan fingerprint density at radius 3 is 2.47 bits per heavy atom. The highest BCUT2D eigenvalue weighted by Gasteiger charge is 2.22. The molecule has 0 saturated carbocycles. The van der Waals surface area contributed by atoms with Gasteiger partial charge in [-0.2, -0.15) is 0 Å². The fourth-order valence-electron chi connectivity index (χ4n) is 3.07. The standard InChI is InChI=1S/C21H20ClFN4O3/c1-2-26-20(29)18(17(28)11-25-16-9-8-14(23)10-15(16)22)19(24)27(21(26)30)12-13-6-4-3-5-7-13/h3-10,25H,2,11-12,24H2,1H3. The minimum absolute atomic E-state index is 0.0875. The van der Waals surface area contributed by atoms with Crippen LogP contribution in [0.2, 0.25) is 5.02 Å². The second-order valence-corrected chi connectivity index (χ2v) is 6.97. The number of aromatic nitrogens is 2. The molecule has 3 rings (SSSR count). The van der Waals surface area contributed by atoms with Gasteiger partial charge in [0.2, 0.25) is 0 Å². The van der Waals surface area contributed by atoms with Gasteiger partial charge in [-0.1, -0.05) is 41.9 Å². The summed E-state index contributed by atoms with van der Waals surface area (Å²) in [5.41, 5.74) is 5.61. The number of nitrogens with one attached hydrogen (secondary N) is 1. The summed E-state index contributed by atoms with van der Waals surface area (Å²) in [6.07, 6.45) is 0. The van der Waals surface area contributed by atoms with Gasteiger partial charge in [-0.25, -0.2) is 9.18 Å². The average Bonchev–Trinajstić information content (AvgIpc) is 2.71. The Bertz CT molecular complexity index is 1210. The van der Waals surface area contributed by atoms with E-state index in [2.05, 4.69) is 5.32 Å². The molecule has 9 heteroatoms.